The highest BCUT2D eigenvalue weighted by Crippen LogP contribution is 2.29. The summed E-state index contributed by atoms with van der Waals surface area (Å²) < 4.78 is 5.34. The van der Waals surface area contributed by atoms with Gasteiger partial charge >= 0.3 is 0 Å². The molecule has 3 N–H and O–H groups in total. The summed E-state index contributed by atoms with van der Waals surface area (Å²) in [5, 5.41) is 22.3. The van der Waals surface area contributed by atoms with Crippen LogP contribution < -0.4 is 10.1 Å². The van der Waals surface area contributed by atoms with Crippen molar-refractivity contribution < 1.29 is 14.9 Å². The van der Waals surface area contributed by atoms with Crippen LogP contribution in [0.1, 0.15) is 32.3 Å². The van der Waals surface area contributed by atoms with Gasteiger partial charge in [0.2, 0.25) is 0 Å². The van der Waals surface area contributed by atoms with Gasteiger partial charge in [0, 0.05) is 24.8 Å². The molecule has 0 heterocycles. The minimum absolute atomic E-state index is 0.177. The number of aromatic hydroxyl groups is 1. The van der Waals surface area contributed by atoms with Crippen molar-refractivity contribution in [1.29, 1.82) is 0 Å². The molecule has 1 unspecified atom stereocenters. The van der Waals surface area contributed by atoms with Crippen LogP contribution in [0.15, 0.2) is 18.2 Å². The summed E-state index contributed by atoms with van der Waals surface area (Å²) in [4.78, 5) is 0. The lowest BCUT2D eigenvalue weighted by Gasteiger charge is -2.17. The third-order valence-corrected chi connectivity index (χ3v) is 2.93. The molecule has 0 amide bonds. The van der Waals surface area contributed by atoms with Crippen LogP contribution in [0.2, 0.25) is 0 Å². The van der Waals surface area contributed by atoms with Crippen LogP contribution in [0, 0.1) is 0 Å². The number of phenols is 1. The molecule has 4 heteroatoms. The maximum Gasteiger partial charge on any atom is 0.162 e. The number of para-hydroxylation sites is 1. The number of benzene rings is 1. The van der Waals surface area contributed by atoms with Crippen LogP contribution in [-0.2, 0) is 6.54 Å². The molecule has 0 spiro atoms. The van der Waals surface area contributed by atoms with Crippen molar-refractivity contribution in [3.63, 3.8) is 0 Å². The Bertz CT molecular complexity index is 355. The molecule has 1 atom stereocenters. The molecule has 0 bridgehead atoms. The fourth-order valence-electron chi connectivity index (χ4n) is 1.84. The SMILES string of the molecule is CCOc1cccc(CNC(CC)CCO)c1O. The third kappa shape index (κ3) is 4.20. The molecular weight excluding hydrogens is 230 g/mol. The zero-order valence-corrected chi connectivity index (χ0v) is 11.1. The van der Waals surface area contributed by atoms with Crippen LogP contribution in [0.4, 0.5) is 0 Å². The van der Waals surface area contributed by atoms with Crippen LogP contribution in [0.5, 0.6) is 11.5 Å². The molecule has 0 aliphatic rings. The van der Waals surface area contributed by atoms with Crippen molar-refractivity contribution in [1.82, 2.24) is 5.32 Å². The lowest BCUT2D eigenvalue weighted by atomic mass is 10.1. The van der Waals surface area contributed by atoms with Crippen LogP contribution in [0.25, 0.3) is 0 Å². The fraction of sp³-hybridized carbons (Fsp3) is 0.571. The third-order valence-electron chi connectivity index (χ3n) is 2.93. The topological polar surface area (TPSA) is 61.7 Å². The van der Waals surface area contributed by atoms with Gasteiger partial charge in [-0.1, -0.05) is 19.1 Å². The molecule has 1 rings (SSSR count). The predicted molar refractivity (Wildman–Crippen MR) is 71.9 cm³/mol. The van der Waals surface area contributed by atoms with E-state index in [1.807, 2.05) is 19.1 Å². The number of nitrogens with one attached hydrogen (secondary N) is 1. The van der Waals surface area contributed by atoms with E-state index in [0.717, 1.165) is 18.4 Å². The lowest BCUT2D eigenvalue weighted by Crippen LogP contribution is -2.28. The largest absolute Gasteiger partial charge is 0.504 e. The van der Waals surface area contributed by atoms with Gasteiger partial charge in [-0.2, -0.15) is 0 Å². The summed E-state index contributed by atoms with van der Waals surface area (Å²) in [7, 11) is 0. The van der Waals surface area contributed by atoms with E-state index < -0.39 is 0 Å². The van der Waals surface area contributed by atoms with E-state index in [9.17, 15) is 5.11 Å². The summed E-state index contributed by atoms with van der Waals surface area (Å²) in [5.74, 6) is 0.720. The lowest BCUT2D eigenvalue weighted by molar-refractivity contribution is 0.261. The Hall–Kier alpha value is -1.26. The van der Waals surface area contributed by atoms with Gasteiger partial charge in [-0.3, -0.25) is 0 Å². The molecule has 0 aromatic heterocycles. The van der Waals surface area contributed by atoms with Crippen molar-refractivity contribution in [3.8, 4) is 11.5 Å². The van der Waals surface area contributed by atoms with Crippen molar-refractivity contribution in [2.75, 3.05) is 13.2 Å². The second-order valence-electron chi connectivity index (χ2n) is 4.20. The molecule has 1 aromatic carbocycles. The average molecular weight is 253 g/mol. The first-order valence-electron chi connectivity index (χ1n) is 6.50. The Labute approximate surface area is 109 Å². The molecular formula is C14H23NO3. The van der Waals surface area contributed by atoms with E-state index in [2.05, 4.69) is 12.2 Å². The monoisotopic (exact) mass is 253 g/mol. The molecule has 0 aliphatic carbocycles. The van der Waals surface area contributed by atoms with E-state index in [4.69, 9.17) is 9.84 Å². The van der Waals surface area contributed by atoms with Gasteiger partial charge in [0.15, 0.2) is 11.5 Å². The molecule has 4 nitrogen and oxygen atoms in total. The Morgan fingerprint density at radius 2 is 2.11 bits per heavy atom. The highest BCUT2D eigenvalue weighted by molar-refractivity contribution is 5.45. The van der Waals surface area contributed by atoms with Gasteiger partial charge in [0.1, 0.15) is 0 Å². The Kier molecular flexibility index (Phi) is 6.54. The Morgan fingerprint density at radius 1 is 1.33 bits per heavy atom. The smallest absolute Gasteiger partial charge is 0.162 e. The van der Waals surface area contributed by atoms with Gasteiger partial charge < -0.3 is 20.3 Å². The van der Waals surface area contributed by atoms with E-state index in [1.165, 1.54) is 0 Å². The molecule has 102 valence electrons. The second kappa shape index (κ2) is 7.95. The Morgan fingerprint density at radius 3 is 2.72 bits per heavy atom. The number of phenolic OH excluding ortho intramolecular Hbond substituents is 1. The first kappa shape index (κ1) is 14.8. The molecule has 0 saturated heterocycles. The zero-order valence-electron chi connectivity index (χ0n) is 11.1. The van der Waals surface area contributed by atoms with Crippen LogP contribution in [-0.4, -0.2) is 29.5 Å². The zero-order chi connectivity index (χ0) is 13.4. The van der Waals surface area contributed by atoms with Gasteiger partial charge in [0.25, 0.3) is 0 Å². The van der Waals surface area contributed by atoms with Gasteiger partial charge in [-0.25, -0.2) is 0 Å². The minimum atomic E-state index is 0.177. The van der Waals surface area contributed by atoms with E-state index in [1.54, 1.807) is 6.07 Å². The highest BCUT2D eigenvalue weighted by atomic mass is 16.5. The average Bonchev–Trinajstić information content (AvgIpc) is 2.38. The molecule has 1 aromatic rings. The molecule has 0 fully saturated rings. The van der Waals surface area contributed by atoms with Crippen LogP contribution >= 0.6 is 0 Å². The number of aliphatic hydroxyl groups excluding tert-OH is 1. The number of ether oxygens (including phenoxy) is 1. The predicted octanol–water partition coefficient (Wildman–Crippen LogP) is 2.04. The standard InChI is InChI=1S/C14H23NO3/c1-3-12(8-9-16)15-10-11-6-5-7-13(14(11)17)18-4-2/h5-7,12,15-17H,3-4,8-10H2,1-2H3. The van der Waals surface area contributed by atoms with Gasteiger partial charge in [0.05, 0.1) is 6.61 Å². The van der Waals surface area contributed by atoms with Crippen LogP contribution in [0.3, 0.4) is 0 Å². The first-order chi connectivity index (χ1) is 8.72. The van der Waals surface area contributed by atoms with Gasteiger partial charge in [-0.05, 0) is 25.8 Å². The van der Waals surface area contributed by atoms with Gasteiger partial charge in [-0.15, -0.1) is 0 Å². The quantitative estimate of drug-likeness (QED) is 0.663. The minimum Gasteiger partial charge on any atom is -0.504 e. The number of hydrogen-bond donors (Lipinski definition) is 3. The first-order valence-corrected chi connectivity index (χ1v) is 6.50. The molecule has 18 heavy (non-hydrogen) atoms. The molecule has 0 aliphatic heterocycles. The maximum absolute atomic E-state index is 10.0. The maximum atomic E-state index is 10.0. The summed E-state index contributed by atoms with van der Waals surface area (Å²) in [6.45, 7) is 5.25. The summed E-state index contributed by atoms with van der Waals surface area (Å²) >= 11 is 0. The highest BCUT2D eigenvalue weighted by Gasteiger charge is 2.10. The second-order valence-corrected chi connectivity index (χ2v) is 4.20. The molecule has 0 saturated carbocycles. The van der Waals surface area contributed by atoms with E-state index in [0.29, 0.717) is 18.9 Å². The molecule has 0 radical (unpaired) electrons. The van der Waals surface area contributed by atoms with Crippen molar-refractivity contribution in [2.24, 2.45) is 0 Å². The van der Waals surface area contributed by atoms with E-state index >= 15 is 0 Å². The Balaban J connectivity index is 2.63. The summed E-state index contributed by atoms with van der Waals surface area (Å²) in [5.41, 5.74) is 0.817. The fourth-order valence-corrected chi connectivity index (χ4v) is 1.84. The summed E-state index contributed by atoms with van der Waals surface area (Å²) in [6, 6.07) is 5.77. The number of aliphatic hydroxyl groups is 1. The van der Waals surface area contributed by atoms with Crippen molar-refractivity contribution >= 4 is 0 Å². The van der Waals surface area contributed by atoms with Crippen molar-refractivity contribution in [3.05, 3.63) is 23.8 Å². The van der Waals surface area contributed by atoms with E-state index in [-0.39, 0.29) is 18.4 Å². The number of rotatable bonds is 8. The van der Waals surface area contributed by atoms with Crippen molar-refractivity contribution in [2.45, 2.75) is 39.3 Å². The number of hydrogen-bond acceptors (Lipinski definition) is 4. The summed E-state index contributed by atoms with van der Waals surface area (Å²) in [6.07, 6.45) is 1.68. The normalized spacial score (nSPS) is 12.4.